The molecule has 0 amide bonds. The minimum absolute atomic E-state index is 0.0725. The fourth-order valence-corrected chi connectivity index (χ4v) is 7.98. The van der Waals surface area contributed by atoms with Gasteiger partial charge in [0.15, 0.2) is 0 Å². The van der Waals surface area contributed by atoms with Crippen LogP contribution in [0.2, 0.25) is 0 Å². The van der Waals surface area contributed by atoms with Crippen LogP contribution in [0.15, 0.2) is 152 Å². The molecule has 2 aliphatic rings. The Bertz CT molecular complexity index is 2350. The summed E-state index contributed by atoms with van der Waals surface area (Å²) in [4.78, 5) is 2.45. The third kappa shape index (κ3) is 4.08. The molecule has 7 aromatic carbocycles. The second kappa shape index (κ2) is 10.3. The normalized spacial score (nSPS) is 14.8. The van der Waals surface area contributed by atoms with Crippen LogP contribution in [0.3, 0.4) is 0 Å². The molecular weight excluding hydrogens is 555 g/mol. The van der Waals surface area contributed by atoms with Gasteiger partial charge in [-0.3, -0.25) is 0 Å². The summed E-state index contributed by atoms with van der Waals surface area (Å²) in [6, 6.07) is 49.8. The van der Waals surface area contributed by atoms with Crippen LogP contribution in [0.25, 0.3) is 49.0 Å². The molecule has 0 aromatic heterocycles. The van der Waals surface area contributed by atoms with Gasteiger partial charge in [-0.25, -0.2) is 0 Å². The molecule has 0 aliphatic heterocycles. The molecular formula is C45H35N. The van der Waals surface area contributed by atoms with Gasteiger partial charge in [0.05, 0.1) is 0 Å². The zero-order valence-corrected chi connectivity index (χ0v) is 26.3. The minimum atomic E-state index is -0.0725. The maximum Gasteiger partial charge on any atom is 0.0468 e. The summed E-state index contributed by atoms with van der Waals surface area (Å²) in [6.45, 7) is 4.72. The van der Waals surface area contributed by atoms with Crippen LogP contribution in [0.1, 0.15) is 43.4 Å². The summed E-state index contributed by atoms with van der Waals surface area (Å²) >= 11 is 0. The van der Waals surface area contributed by atoms with Gasteiger partial charge in [0.1, 0.15) is 0 Å². The molecule has 0 spiro atoms. The highest BCUT2D eigenvalue weighted by Gasteiger charge is 2.35. The summed E-state index contributed by atoms with van der Waals surface area (Å²) in [6.07, 6.45) is 8.89. The summed E-state index contributed by atoms with van der Waals surface area (Å²) in [5.74, 6) is 0. The predicted octanol–water partition coefficient (Wildman–Crippen LogP) is 12.7. The van der Waals surface area contributed by atoms with Crippen molar-refractivity contribution in [3.63, 3.8) is 0 Å². The van der Waals surface area contributed by atoms with E-state index in [-0.39, 0.29) is 5.41 Å². The van der Waals surface area contributed by atoms with E-state index in [2.05, 4.69) is 170 Å². The Morgan fingerprint density at radius 3 is 1.76 bits per heavy atom. The number of hydrogen-bond donors (Lipinski definition) is 0. The van der Waals surface area contributed by atoms with Gasteiger partial charge in [-0.2, -0.15) is 0 Å². The molecule has 9 rings (SSSR count). The van der Waals surface area contributed by atoms with Crippen molar-refractivity contribution in [2.75, 3.05) is 4.90 Å². The zero-order valence-electron chi connectivity index (χ0n) is 26.3. The molecule has 0 atom stereocenters. The number of anilines is 3. The molecule has 0 saturated heterocycles. The second-order valence-corrected chi connectivity index (χ2v) is 13.3. The average molecular weight is 590 g/mol. The highest BCUT2D eigenvalue weighted by atomic mass is 15.1. The molecule has 0 unspecified atom stereocenters. The molecule has 2 aliphatic carbocycles. The highest BCUT2D eigenvalue weighted by Crippen LogP contribution is 2.51. The SMILES string of the molecule is CC1(C)c2ccccc2-c2ccc(N(c3ccc(C4=CC=CCC4)cc3)c3ccc4c5ccccc5c5ccccc5c4c3)cc21. The van der Waals surface area contributed by atoms with Crippen molar-refractivity contribution in [2.45, 2.75) is 32.1 Å². The molecule has 0 N–H and O–H groups in total. The summed E-state index contributed by atoms with van der Waals surface area (Å²) in [7, 11) is 0. The first-order valence-corrected chi connectivity index (χ1v) is 16.4. The molecule has 7 aromatic rings. The molecule has 0 radical (unpaired) electrons. The average Bonchev–Trinajstić information content (AvgIpc) is 3.35. The monoisotopic (exact) mass is 589 g/mol. The lowest BCUT2D eigenvalue weighted by Crippen LogP contribution is -2.16. The minimum Gasteiger partial charge on any atom is -0.310 e. The van der Waals surface area contributed by atoms with Crippen LogP contribution in [0, 0.1) is 0 Å². The number of rotatable bonds is 4. The Morgan fingerprint density at radius 2 is 1.07 bits per heavy atom. The third-order valence-corrected chi connectivity index (χ3v) is 10.3. The zero-order chi connectivity index (χ0) is 30.8. The van der Waals surface area contributed by atoms with Gasteiger partial charge in [-0.1, -0.05) is 129 Å². The number of fused-ring (bicyclic) bond motifs is 9. The lowest BCUT2D eigenvalue weighted by Gasteiger charge is -2.29. The Balaban J connectivity index is 1.26. The van der Waals surface area contributed by atoms with Gasteiger partial charge < -0.3 is 4.90 Å². The Morgan fingerprint density at radius 1 is 0.500 bits per heavy atom. The Labute approximate surface area is 270 Å². The molecule has 0 bridgehead atoms. The van der Waals surface area contributed by atoms with Crippen molar-refractivity contribution in [1.82, 2.24) is 0 Å². The molecule has 1 nitrogen and oxygen atoms in total. The van der Waals surface area contributed by atoms with Crippen molar-refractivity contribution in [3.05, 3.63) is 168 Å². The number of benzene rings is 7. The van der Waals surface area contributed by atoms with Crippen LogP contribution in [-0.4, -0.2) is 0 Å². The molecule has 220 valence electrons. The smallest absolute Gasteiger partial charge is 0.0468 e. The second-order valence-electron chi connectivity index (χ2n) is 13.3. The standard InChI is InChI=1S/C45H35N/c1-45(2)43-19-11-10-18-40(43)41-27-25-34(29-44(41)45)46(32-22-20-31(21-23-32)30-12-4-3-5-13-30)33-24-26-39-37-16-7-6-14-35(37)36-15-8-9-17-38(36)42(39)28-33/h3-4,6-12,14-29H,5,13H2,1-2H3. The largest absolute Gasteiger partial charge is 0.310 e. The van der Waals surface area contributed by atoms with E-state index in [9.17, 15) is 0 Å². The fourth-order valence-electron chi connectivity index (χ4n) is 7.98. The molecule has 0 saturated carbocycles. The quantitative estimate of drug-likeness (QED) is 0.185. The van der Waals surface area contributed by atoms with Crippen molar-refractivity contribution in [3.8, 4) is 11.1 Å². The van der Waals surface area contributed by atoms with Gasteiger partial charge in [0, 0.05) is 22.5 Å². The number of allylic oxidation sites excluding steroid dienone is 4. The third-order valence-electron chi connectivity index (χ3n) is 10.3. The first kappa shape index (κ1) is 27.0. The first-order valence-electron chi connectivity index (χ1n) is 16.4. The van der Waals surface area contributed by atoms with Crippen LogP contribution < -0.4 is 4.90 Å². The van der Waals surface area contributed by atoms with E-state index in [1.807, 2.05) is 0 Å². The highest BCUT2D eigenvalue weighted by molar-refractivity contribution is 6.25. The number of hydrogen-bond acceptors (Lipinski definition) is 1. The van der Waals surface area contributed by atoms with E-state index in [0.29, 0.717) is 0 Å². The van der Waals surface area contributed by atoms with E-state index in [1.165, 1.54) is 71.4 Å². The van der Waals surface area contributed by atoms with Crippen LogP contribution in [-0.2, 0) is 5.41 Å². The van der Waals surface area contributed by atoms with E-state index >= 15 is 0 Å². The maximum atomic E-state index is 2.45. The van der Waals surface area contributed by atoms with Crippen molar-refractivity contribution < 1.29 is 0 Å². The van der Waals surface area contributed by atoms with E-state index in [1.54, 1.807) is 0 Å². The van der Waals surface area contributed by atoms with Crippen LogP contribution >= 0.6 is 0 Å². The molecule has 1 heteroatoms. The summed E-state index contributed by atoms with van der Waals surface area (Å²) in [5, 5.41) is 7.75. The van der Waals surface area contributed by atoms with E-state index < -0.39 is 0 Å². The molecule has 0 heterocycles. The van der Waals surface area contributed by atoms with Gasteiger partial charge in [-0.05, 0) is 115 Å². The Kier molecular flexibility index (Phi) is 6.05. The lowest BCUT2D eigenvalue weighted by atomic mass is 9.82. The molecule has 46 heavy (non-hydrogen) atoms. The van der Waals surface area contributed by atoms with Gasteiger partial charge in [0.2, 0.25) is 0 Å². The first-order chi connectivity index (χ1) is 22.6. The van der Waals surface area contributed by atoms with Crippen LogP contribution in [0.5, 0.6) is 0 Å². The fraction of sp³-hybridized carbons (Fsp3) is 0.111. The van der Waals surface area contributed by atoms with Gasteiger partial charge in [0.25, 0.3) is 0 Å². The lowest BCUT2D eigenvalue weighted by molar-refractivity contribution is 0.660. The van der Waals surface area contributed by atoms with Crippen molar-refractivity contribution >= 4 is 55.0 Å². The van der Waals surface area contributed by atoms with E-state index in [0.717, 1.165) is 24.2 Å². The molecule has 0 fully saturated rings. The summed E-state index contributed by atoms with van der Waals surface area (Å²) in [5.41, 5.74) is 11.6. The summed E-state index contributed by atoms with van der Waals surface area (Å²) < 4.78 is 0. The van der Waals surface area contributed by atoms with Crippen LogP contribution in [0.4, 0.5) is 17.1 Å². The van der Waals surface area contributed by atoms with Gasteiger partial charge >= 0.3 is 0 Å². The van der Waals surface area contributed by atoms with Crippen molar-refractivity contribution in [1.29, 1.82) is 0 Å². The van der Waals surface area contributed by atoms with Gasteiger partial charge in [-0.15, -0.1) is 0 Å². The van der Waals surface area contributed by atoms with Crippen molar-refractivity contribution in [2.24, 2.45) is 0 Å². The van der Waals surface area contributed by atoms with E-state index in [4.69, 9.17) is 0 Å². The predicted molar refractivity (Wildman–Crippen MR) is 198 cm³/mol. The topological polar surface area (TPSA) is 3.24 Å². The number of nitrogens with zero attached hydrogens (tertiary/aromatic N) is 1. The Hall–Kier alpha value is -5.40. The maximum absolute atomic E-state index is 2.45.